The number of aromatic nitrogens is 1. The molecule has 86 valence electrons. The van der Waals surface area contributed by atoms with Crippen LogP contribution in [-0.2, 0) is 16.0 Å². The normalized spacial score (nSPS) is 11.8. The van der Waals surface area contributed by atoms with E-state index >= 15 is 0 Å². The second-order valence-corrected chi connectivity index (χ2v) is 3.18. The monoisotopic (exact) mass is 224 g/mol. The van der Waals surface area contributed by atoms with Crippen molar-refractivity contribution in [2.75, 3.05) is 6.61 Å². The van der Waals surface area contributed by atoms with Gasteiger partial charge in [0.1, 0.15) is 6.04 Å². The summed E-state index contributed by atoms with van der Waals surface area (Å²) in [6.07, 6.45) is 3.14. The first-order valence-corrected chi connectivity index (χ1v) is 4.65. The quantitative estimate of drug-likeness (QED) is 0.607. The first-order chi connectivity index (χ1) is 7.63. The Morgan fingerprint density at radius 1 is 1.50 bits per heavy atom. The average molecular weight is 224 g/mol. The summed E-state index contributed by atoms with van der Waals surface area (Å²) >= 11 is 0. The van der Waals surface area contributed by atoms with Crippen molar-refractivity contribution in [3.8, 4) is 0 Å². The summed E-state index contributed by atoms with van der Waals surface area (Å²) in [5.41, 5.74) is 0.682. The maximum Gasteiger partial charge on any atom is 0.328 e. The number of nitrogens with zero attached hydrogens (tertiary/aromatic N) is 1. The molecule has 1 heterocycles. The molecule has 0 unspecified atom stereocenters. The number of hydrogen-bond donors (Lipinski definition) is 3. The fourth-order valence-corrected chi connectivity index (χ4v) is 1.12. The van der Waals surface area contributed by atoms with E-state index in [4.69, 9.17) is 10.2 Å². The number of nitrogens with one attached hydrogen (secondary N) is 1. The van der Waals surface area contributed by atoms with E-state index in [-0.39, 0.29) is 6.42 Å². The molecule has 0 saturated heterocycles. The number of aliphatic hydroxyl groups excluding tert-OH is 1. The summed E-state index contributed by atoms with van der Waals surface area (Å²) in [6.45, 7) is -0.631. The number of carboxylic acids is 1. The predicted octanol–water partition coefficient (Wildman–Crippen LogP) is -0.814. The summed E-state index contributed by atoms with van der Waals surface area (Å²) in [7, 11) is 0. The number of amides is 1. The highest BCUT2D eigenvalue weighted by Gasteiger charge is 2.18. The van der Waals surface area contributed by atoms with E-state index in [1.807, 2.05) is 0 Å². The van der Waals surface area contributed by atoms with E-state index in [0.29, 0.717) is 5.56 Å². The van der Waals surface area contributed by atoms with Crippen molar-refractivity contribution in [3.05, 3.63) is 30.1 Å². The number of pyridine rings is 1. The zero-order chi connectivity index (χ0) is 12.0. The number of rotatable bonds is 5. The average Bonchev–Trinajstić information content (AvgIpc) is 2.27. The van der Waals surface area contributed by atoms with Gasteiger partial charge < -0.3 is 15.5 Å². The van der Waals surface area contributed by atoms with Gasteiger partial charge in [0.2, 0.25) is 5.91 Å². The van der Waals surface area contributed by atoms with Crippen LogP contribution in [0, 0.1) is 0 Å². The van der Waals surface area contributed by atoms with Crippen LogP contribution in [-0.4, -0.2) is 39.7 Å². The molecule has 3 N–H and O–H groups in total. The fraction of sp³-hybridized carbons (Fsp3) is 0.300. The van der Waals surface area contributed by atoms with Gasteiger partial charge in [-0.15, -0.1) is 0 Å². The lowest BCUT2D eigenvalue weighted by molar-refractivity contribution is -0.142. The van der Waals surface area contributed by atoms with Gasteiger partial charge in [-0.05, 0) is 11.6 Å². The maximum absolute atomic E-state index is 11.4. The lowest BCUT2D eigenvalue weighted by Crippen LogP contribution is -2.43. The van der Waals surface area contributed by atoms with E-state index < -0.39 is 24.5 Å². The van der Waals surface area contributed by atoms with Crippen LogP contribution in [0.2, 0.25) is 0 Å². The van der Waals surface area contributed by atoms with Crippen LogP contribution < -0.4 is 5.32 Å². The molecule has 0 aromatic carbocycles. The summed E-state index contributed by atoms with van der Waals surface area (Å²) in [5, 5.41) is 19.5. The van der Waals surface area contributed by atoms with Crippen molar-refractivity contribution in [1.82, 2.24) is 10.3 Å². The zero-order valence-electron chi connectivity index (χ0n) is 8.46. The molecule has 1 rings (SSSR count). The van der Waals surface area contributed by atoms with Crippen LogP contribution in [0.4, 0.5) is 0 Å². The highest BCUT2D eigenvalue weighted by Crippen LogP contribution is 1.97. The molecule has 16 heavy (non-hydrogen) atoms. The number of aliphatic carboxylic acids is 1. The standard InChI is InChI=1S/C10H12N2O4/c13-6-8(10(15)16)12-9(14)4-7-2-1-3-11-5-7/h1-3,5,8,13H,4,6H2,(H,12,14)(H,15,16)/t8-/m0/s1. The highest BCUT2D eigenvalue weighted by molar-refractivity contribution is 5.84. The predicted molar refractivity (Wildman–Crippen MR) is 54.6 cm³/mol. The van der Waals surface area contributed by atoms with Gasteiger partial charge in [0.15, 0.2) is 0 Å². The van der Waals surface area contributed by atoms with Crippen molar-refractivity contribution in [3.63, 3.8) is 0 Å². The lowest BCUT2D eigenvalue weighted by atomic mass is 10.2. The van der Waals surface area contributed by atoms with E-state index in [1.54, 1.807) is 18.3 Å². The Balaban J connectivity index is 2.50. The highest BCUT2D eigenvalue weighted by atomic mass is 16.4. The number of carbonyl (C=O) groups is 2. The van der Waals surface area contributed by atoms with Gasteiger partial charge in [-0.3, -0.25) is 9.78 Å². The second-order valence-electron chi connectivity index (χ2n) is 3.18. The third-order valence-electron chi connectivity index (χ3n) is 1.90. The van der Waals surface area contributed by atoms with E-state index in [9.17, 15) is 9.59 Å². The molecule has 1 aromatic rings. The van der Waals surface area contributed by atoms with Crippen LogP contribution in [0.1, 0.15) is 5.56 Å². The van der Waals surface area contributed by atoms with E-state index in [2.05, 4.69) is 10.3 Å². The maximum atomic E-state index is 11.4. The minimum absolute atomic E-state index is 0.0393. The molecule has 0 radical (unpaired) electrons. The van der Waals surface area contributed by atoms with Crippen molar-refractivity contribution >= 4 is 11.9 Å². The Labute approximate surface area is 91.9 Å². The molecule has 0 aliphatic heterocycles. The number of carboxylic acid groups (broad SMARTS) is 1. The topological polar surface area (TPSA) is 99.5 Å². The molecule has 0 bridgehead atoms. The molecule has 1 atom stereocenters. The van der Waals surface area contributed by atoms with Gasteiger partial charge >= 0.3 is 5.97 Å². The Morgan fingerprint density at radius 3 is 2.75 bits per heavy atom. The van der Waals surface area contributed by atoms with Crippen LogP contribution in [0.3, 0.4) is 0 Å². The third kappa shape index (κ3) is 3.66. The van der Waals surface area contributed by atoms with Gasteiger partial charge in [0, 0.05) is 12.4 Å². The van der Waals surface area contributed by atoms with E-state index in [1.165, 1.54) is 6.20 Å². The third-order valence-corrected chi connectivity index (χ3v) is 1.90. The molecule has 0 saturated carbocycles. The summed E-state index contributed by atoms with van der Waals surface area (Å²) in [4.78, 5) is 25.7. The van der Waals surface area contributed by atoms with Gasteiger partial charge in [0.25, 0.3) is 0 Å². The molecular formula is C10H12N2O4. The van der Waals surface area contributed by atoms with Crippen LogP contribution in [0.5, 0.6) is 0 Å². The molecule has 0 fully saturated rings. The van der Waals surface area contributed by atoms with Gasteiger partial charge in [-0.2, -0.15) is 0 Å². The van der Waals surface area contributed by atoms with Gasteiger partial charge in [-0.1, -0.05) is 6.07 Å². The summed E-state index contributed by atoms with van der Waals surface area (Å²) < 4.78 is 0. The minimum Gasteiger partial charge on any atom is -0.480 e. The van der Waals surface area contributed by atoms with Crippen molar-refractivity contribution in [2.45, 2.75) is 12.5 Å². The molecule has 0 spiro atoms. The summed E-state index contributed by atoms with van der Waals surface area (Å²) in [5.74, 6) is -1.73. The Morgan fingerprint density at radius 2 is 2.25 bits per heavy atom. The first-order valence-electron chi connectivity index (χ1n) is 4.65. The van der Waals surface area contributed by atoms with Crippen LogP contribution in [0.15, 0.2) is 24.5 Å². The Bertz CT molecular complexity index is 366. The fourth-order valence-electron chi connectivity index (χ4n) is 1.12. The Hall–Kier alpha value is -1.95. The molecular weight excluding hydrogens is 212 g/mol. The van der Waals surface area contributed by atoms with Crippen molar-refractivity contribution in [2.24, 2.45) is 0 Å². The largest absolute Gasteiger partial charge is 0.480 e. The zero-order valence-corrected chi connectivity index (χ0v) is 8.46. The molecule has 6 heteroatoms. The smallest absolute Gasteiger partial charge is 0.328 e. The first kappa shape index (κ1) is 12.1. The van der Waals surface area contributed by atoms with Crippen molar-refractivity contribution < 1.29 is 19.8 Å². The van der Waals surface area contributed by atoms with Gasteiger partial charge in [0.05, 0.1) is 13.0 Å². The number of carbonyl (C=O) groups excluding carboxylic acids is 1. The molecule has 1 aromatic heterocycles. The summed E-state index contributed by atoms with van der Waals surface area (Å²) in [6, 6.07) is 2.13. The SMILES string of the molecule is O=C(Cc1cccnc1)N[C@@H](CO)C(=O)O. The van der Waals surface area contributed by atoms with Gasteiger partial charge in [-0.25, -0.2) is 4.79 Å². The molecule has 0 aliphatic carbocycles. The van der Waals surface area contributed by atoms with Crippen LogP contribution in [0.25, 0.3) is 0 Å². The molecule has 0 aliphatic rings. The van der Waals surface area contributed by atoms with Crippen LogP contribution >= 0.6 is 0 Å². The number of aliphatic hydroxyl groups is 1. The minimum atomic E-state index is -1.26. The second kappa shape index (κ2) is 5.82. The van der Waals surface area contributed by atoms with E-state index in [0.717, 1.165) is 0 Å². The van der Waals surface area contributed by atoms with Crippen molar-refractivity contribution in [1.29, 1.82) is 0 Å². The number of hydrogen-bond acceptors (Lipinski definition) is 4. The Kier molecular flexibility index (Phi) is 4.41. The molecule has 6 nitrogen and oxygen atoms in total. The molecule has 1 amide bonds. The lowest BCUT2D eigenvalue weighted by Gasteiger charge is -2.11.